The molecule has 4 aromatic rings. The van der Waals surface area contributed by atoms with Crippen LogP contribution in [0, 0.1) is 6.92 Å². The van der Waals surface area contributed by atoms with E-state index in [0.29, 0.717) is 21.5 Å². The first-order valence-electron chi connectivity index (χ1n) is 8.12. The summed E-state index contributed by atoms with van der Waals surface area (Å²) in [7, 11) is 1.63. The van der Waals surface area contributed by atoms with Crippen molar-refractivity contribution in [3.05, 3.63) is 64.8 Å². The average Bonchev–Trinajstić information content (AvgIpc) is 3.24. The Balaban J connectivity index is 1.68. The number of hydrogen-bond acceptors (Lipinski definition) is 5. The third-order valence-electron chi connectivity index (χ3n) is 3.95. The summed E-state index contributed by atoms with van der Waals surface area (Å²) in [4.78, 5) is 17.2. The number of benzene rings is 2. The molecule has 0 saturated heterocycles. The van der Waals surface area contributed by atoms with Crippen molar-refractivity contribution in [3.63, 3.8) is 0 Å². The maximum Gasteiger partial charge on any atom is 0.256 e. The quantitative estimate of drug-likeness (QED) is 0.540. The van der Waals surface area contributed by atoms with Gasteiger partial charge < -0.3 is 10.1 Å². The van der Waals surface area contributed by atoms with Gasteiger partial charge in [0, 0.05) is 16.7 Å². The van der Waals surface area contributed by atoms with Crippen LogP contribution in [0.4, 0.5) is 5.82 Å². The van der Waals surface area contributed by atoms with Gasteiger partial charge in [-0.05, 0) is 49.4 Å². The number of aromatic nitrogens is 3. The highest BCUT2D eigenvalue weighted by Crippen LogP contribution is 2.30. The highest BCUT2D eigenvalue weighted by atomic mass is 35.5. The lowest BCUT2D eigenvalue weighted by Gasteiger charge is -2.06. The molecule has 2 aromatic carbocycles. The van der Waals surface area contributed by atoms with Crippen molar-refractivity contribution in [2.45, 2.75) is 6.92 Å². The van der Waals surface area contributed by atoms with Crippen molar-refractivity contribution in [1.29, 1.82) is 0 Å². The van der Waals surface area contributed by atoms with E-state index in [0.717, 1.165) is 21.7 Å². The van der Waals surface area contributed by atoms with Gasteiger partial charge in [-0.1, -0.05) is 22.9 Å². The summed E-state index contributed by atoms with van der Waals surface area (Å²) >= 11 is 7.36. The lowest BCUT2D eigenvalue weighted by atomic mass is 10.2. The standard InChI is InChI=1S/C19H15ClN4O2S/c1-11-9-17(22-18(25)12-3-5-13(20)6-4-12)24(23-11)19-21-15-8-7-14(26-2)10-16(15)27-19/h3-10H,1-2H3,(H,22,25). The molecule has 0 fully saturated rings. The van der Waals surface area contributed by atoms with Crippen LogP contribution in [-0.2, 0) is 0 Å². The summed E-state index contributed by atoms with van der Waals surface area (Å²) in [5.41, 5.74) is 2.14. The lowest BCUT2D eigenvalue weighted by Crippen LogP contribution is -2.15. The summed E-state index contributed by atoms with van der Waals surface area (Å²) < 4.78 is 7.88. The summed E-state index contributed by atoms with van der Waals surface area (Å²) in [5, 5.41) is 8.62. The van der Waals surface area contributed by atoms with Crippen molar-refractivity contribution in [2.75, 3.05) is 12.4 Å². The normalized spacial score (nSPS) is 10.9. The number of nitrogens with one attached hydrogen (secondary N) is 1. The molecule has 27 heavy (non-hydrogen) atoms. The van der Waals surface area contributed by atoms with E-state index in [1.54, 1.807) is 42.1 Å². The smallest absolute Gasteiger partial charge is 0.256 e. The molecule has 0 spiro atoms. The van der Waals surface area contributed by atoms with Crippen LogP contribution in [0.15, 0.2) is 48.5 Å². The van der Waals surface area contributed by atoms with E-state index in [4.69, 9.17) is 16.3 Å². The Morgan fingerprint density at radius 2 is 1.96 bits per heavy atom. The van der Waals surface area contributed by atoms with Crippen LogP contribution in [-0.4, -0.2) is 27.8 Å². The summed E-state index contributed by atoms with van der Waals surface area (Å²) in [6.07, 6.45) is 0. The summed E-state index contributed by atoms with van der Waals surface area (Å²) in [6, 6.07) is 14.2. The molecule has 0 aliphatic rings. The fraction of sp³-hybridized carbons (Fsp3) is 0.105. The van der Waals surface area contributed by atoms with E-state index in [9.17, 15) is 4.79 Å². The van der Waals surface area contributed by atoms with Crippen molar-refractivity contribution in [1.82, 2.24) is 14.8 Å². The van der Waals surface area contributed by atoms with Gasteiger partial charge in [-0.25, -0.2) is 4.98 Å². The van der Waals surface area contributed by atoms with Crippen LogP contribution in [0.2, 0.25) is 5.02 Å². The second-order valence-electron chi connectivity index (χ2n) is 5.87. The first-order valence-corrected chi connectivity index (χ1v) is 9.31. The van der Waals surface area contributed by atoms with Gasteiger partial charge in [-0.15, -0.1) is 0 Å². The number of fused-ring (bicyclic) bond motifs is 1. The number of methoxy groups -OCH3 is 1. The summed E-state index contributed by atoms with van der Waals surface area (Å²) in [5.74, 6) is 1.08. The summed E-state index contributed by atoms with van der Waals surface area (Å²) in [6.45, 7) is 1.87. The number of thiazole rings is 1. The van der Waals surface area contributed by atoms with Crippen LogP contribution in [0.5, 0.6) is 5.75 Å². The largest absolute Gasteiger partial charge is 0.497 e. The van der Waals surface area contributed by atoms with Crippen LogP contribution in [0.1, 0.15) is 16.1 Å². The number of halogens is 1. The molecule has 6 nitrogen and oxygen atoms in total. The third kappa shape index (κ3) is 3.51. The van der Waals surface area contributed by atoms with Gasteiger partial charge in [0.15, 0.2) is 0 Å². The van der Waals surface area contributed by atoms with Crippen molar-refractivity contribution in [3.8, 4) is 10.9 Å². The SMILES string of the molecule is COc1ccc2nc(-n3nc(C)cc3NC(=O)c3ccc(Cl)cc3)sc2c1. The van der Waals surface area contributed by atoms with E-state index in [-0.39, 0.29) is 5.91 Å². The number of carbonyl (C=O) groups excluding carboxylic acids is 1. The van der Waals surface area contributed by atoms with Crippen LogP contribution in [0.3, 0.4) is 0 Å². The molecule has 0 aliphatic heterocycles. The van der Waals surface area contributed by atoms with Gasteiger partial charge >= 0.3 is 0 Å². The number of amides is 1. The zero-order valence-electron chi connectivity index (χ0n) is 14.6. The number of anilines is 1. The van der Waals surface area contributed by atoms with Crippen LogP contribution < -0.4 is 10.1 Å². The molecular formula is C19H15ClN4O2S. The van der Waals surface area contributed by atoms with E-state index >= 15 is 0 Å². The van der Waals surface area contributed by atoms with Crippen molar-refractivity contribution >= 4 is 44.9 Å². The first kappa shape index (κ1) is 17.5. The molecule has 0 saturated carbocycles. The highest BCUT2D eigenvalue weighted by Gasteiger charge is 2.15. The average molecular weight is 399 g/mol. The van der Waals surface area contributed by atoms with Crippen LogP contribution >= 0.6 is 22.9 Å². The van der Waals surface area contributed by atoms with E-state index in [1.165, 1.54) is 11.3 Å². The maximum absolute atomic E-state index is 12.5. The number of ether oxygens (including phenoxy) is 1. The Morgan fingerprint density at radius 3 is 2.70 bits per heavy atom. The monoisotopic (exact) mass is 398 g/mol. The molecule has 1 amide bonds. The van der Waals surface area contributed by atoms with E-state index in [1.807, 2.05) is 25.1 Å². The Kier molecular flexibility index (Phi) is 4.55. The number of hydrogen-bond donors (Lipinski definition) is 1. The predicted molar refractivity (Wildman–Crippen MR) is 107 cm³/mol. The molecule has 1 N–H and O–H groups in total. The molecule has 136 valence electrons. The highest BCUT2D eigenvalue weighted by molar-refractivity contribution is 7.20. The minimum absolute atomic E-state index is 0.240. The number of rotatable bonds is 4. The second-order valence-corrected chi connectivity index (χ2v) is 7.32. The Hall–Kier alpha value is -2.90. The Bertz CT molecular complexity index is 1130. The molecule has 8 heteroatoms. The molecule has 0 atom stereocenters. The van der Waals surface area contributed by atoms with Gasteiger partial charge in [0.25, 0.3) is 5.91 Å². The van der Waals surface area contributed by atoms with E-state index < -0.39 is 0 Å². The molecule has 2 heterocycles. The zero-order valence-corrected chi connectivity index (χ0v) is 16.1. The Morgan fingerprint density at radius 1 is 1.19 bits per heavy atom. The van der Waals surface area contributed by atoms with Gasteiger partial charge in [-0.3, -0.25) is 4.79 Å². The van der Waals surface area contributed by atoms with Gasteiger partial charge in [-0.2, -0.15) is 9.78 Å². The van der Waals surface area contributed by atoms with Crippen molar-refractivity contribution in [2.24, 2.45) is 0 Å². The fourth-order valence-electron chi connectivity index (χ4n) is 2.63. The first-order chi connectivity index (χ1) is 13.0. The van der Waals surface area contributed by atoms with Crippen LogP contribution in [0.25, 0.3) is 15.3 Å². The molecule has 0 bridgehead atoms. The molecule has 4 rings (SSSR count). The molecule has 0 radical (unpaired) electrons. The van der Waals surface area contributed by atoms with Gasteiger partial charge in [0.1, 0.15) is 11.6 Å². The predicted octanol–water partition coefficient (Wildman–Crippen LogP) is 4.70. The molecule has 2 aromatic heterocycles. The van der Waals surface area contributed by atoms with Gasteiger partial charge in [0.2, 0.25) is 5.13 Å². The molecule has 0 unspecified atom stereocenters. The van der Waals surface area contributed by atoms with Crippen molar-refractivity contribution < 1.29 is 9.53 Å². The minimum Gasteiger partial charge on any atom is -0.497 e. The fourth-order valence-corrected chi connectivity index (χ4v) is 3.72. The third-order valence-corrected chi connectivity index (χ3v) is 5.19. The number of aryl methyl sites for hydroxylation is 1. The van der Waals surface area contributed by atoms with E-state index in [2.05, 4.69) is 15.4 Å². The zero-order chi connectivity index (χ0) is 19.0. The Labute approximate surface area is 164 Å². The molecular weight excluding hydrogens is 384 g/mol. The lowest BCUT2D eigenvalue weighted by molar-refractivity contribution is 0.102. The number of nitrogens with zero attached hydrogens (tertiary/aromatic N) is 3. The minimum atomic E-state index is -0.240. The van der Waals surface area contributed by atoms with Gasteiger partial charge in [0.05, 0.1) is 23.0 Å². The second kappa shape index (κ2) is 7.02. The topological polar surface area (TPSA) is 69.0 Å². The number of carbonyl (C=O) groups is 1. The maximum atomic E-state index is 12.5. The molecule has 0 aliphatic carbocycles.